The van der Waals surface area contributed by atoms with Gasteiger partial charge in [-0.25, -0.2) is 4.79 Å². The average molecular weight is 208 g/mol. The van der Waals surface area contributed by atoms with Crippen LogP contribution in [0.3, 0.4) is 0 Å². The first kappa shape index (κ1) is 18.2. The molecule has 0 radical (unpaired) electrons. The van der Waals surface area contributed by atoms with Crippen LogP contribution >= 0.6 is 0 Å². The topological polar surface area (TPSA) is 92.9 Å². The molecule has 0 spiro atoms. The molecule has 0 rings (SSSR count). The predicted molar refractivity (Wildman–Crippen MR) is 50.6 cm³/mol. The Morgan fingerprint density at radius 3 is 1.79 bits per heavy atom. The van der Waals surface area contributed by atoms with E-state index in [1.165, 1.54) is 7.11 Å². The minimum absolute atomic E-state index is 0.394. The fraction of sp³-hybridized carbons (Fsp3) is 0.571. The van der Waals surface area contributed by atoms with Gasteiger partial charge in [-0.05, 0) is 21.1 Å². The average Bonchev–Trinajstić information content (AvgIpc) is 2.01. The summed E-state index contributed by atoms with van der Waals surface area (Å²) < 4.78 is 4.14. The third-order valence-corrected chi connectivity index (χ3v) is 0.368. The van der Waals surface area contributed by atoms with Crippen LogP contribution in [0.1, 0.15) is 0 Å². The lowest BCUT2D eigenvalue weighted by Crippen LogP contribution is -1.99. The zero-order valence-electron chi connectivity index (χ0n) is 8.76. The third-order valence-electron chi connectivity index (χ3n) is 0.368. The molecule has 0 aliphatic heterocycles. The van der Waals surface area contributed by atoms with E-state index >= 15 is 0 Å². The van der Waals surface area contributed by atoms with Gasteiger partial charge in [0.25, 0.3) is 5.09 Å². The Bertz CT molecular complexity index is 163. The van der Waals surface area contributed by atoms with Crippen molar-refractivity contribution in [3.05, 3.63) is 22.8 Å². The van der Waals surface area contributed by atoms with Gasteiger partial charge in [0.2, 0.25) is 0 Å². The number of ether oxygens (including phenoxy) is 1. The van der Waals surface area contributed by atoms with Gasteiger partial charge >= 0.3 is 5.97 Å². The van der Waals surface area contributed by atoms with Crippen LogP contribution in [0.25, 0.3) is 0 Å². The maximum atomic E-state index is 9.84. The predicted octanol–water partition coefficient (Wildman–Crippen LogP) is 0.176. The SMILES string of the molecule is C=CC(=O)OC.CN(C)C.O=[N+]([O-])O. The number of nitrogens with zero attached hydrogens (tertiary/aromatic N) is 2. The Labute approximate surface area is 82.7 Å². The van der Waals surface area contributed by atoms with E-state index in [1.54, 1.807) is 0 Å². The lowest BCUT2D eigenvalue weighted by molar-refractivity contribution is -0.742. The van der Waals surface area contributed by atoms with E-state index in [-0.39, 0.29) is 0 Å². The maximum absolute atomic E-state index is 9.84. The normalized spacial score (nSPS) is 7.21. The second kappa shape index (κ2) is 13.9. The van der Waals surface area contributed by atoms with Gasteiger partial charge in [-0.1, -0.05) is 6.58 Å². The van der Waals surface area contributed by atoms with Crippen LogP contribution in [0, 0.1) is 10.1 Å². The number of esters is 1. The smallest absolute Gasteiger partial charge is 0.329 e. The van der Waals surface area contributed by atoms with E-state index in [0.717, 1.165) is 6.08 Å². The maximum Gasteiger partial charge on any atom is 0.329 e. The molecule has 0 aromatic heterocycles. The summed E-state index contributed by atoms with van der Waals surface area (Å²) in [5.74, 6) is -0.394. The highest BCUT2D eigenvalue weighted by Gasteiger charge is 1.81. The molecule has 0 heterocycles. The van der Waals surface area contributed by atoms with E-state index < -0.39 is 11.1 Å². The fourth-order valence-corrected chi connectivity index (χ4v) is 0.0833. The number of rotatable bonds is 1. The highest BCUT2D eigenvalue weighted by Crippen LogP contribution is 1.67. The molecule has 0 unspecified atom stereocenters. The second-order valence-electron chi connectivity index (χ2n) is 2.31. The van der Waals surface area contributed by atoms with Crippen LogP contribution in [0.2, 0.25) is 0 Å². The van der Waals surface area contributed by atoms with Crippen LogP contribution in [0.4, 0.5) is 0 Å². The van der Waals surface area contributed by atoms with Crippen molar-refractivity contribution < 1.29 is 19.8 Å². The van der Waals surface area contributed by atoms with Crippen LogP contribution in [0.5, 0.6) is 0 Å². The van der Waals surface area contributed by atoms with Crippen molar-refractivity contribution in [1.82, 2.24) is 4.90 Å². The van der Waals surface area contributed by atoms with Gasteiger partial charge in [-0.2, -0.15) is 0 Å². The van der Waals surface area contributed by atoms with Crippen molar-refractivity contribution in [3.8, 4) is 0 Å². The molecule has 0 aliphatic rings. The van der Waals surface area contributed by atoms with Crippen molar-refractivity contribution in [2.45, 2.75) is 0 Å². The molecular formula is C7H16N2O5. The van der Waals surface area contributed by atoms with E-state index in [1.807, 2.05) is 26.0 Å². The fourth-order valence-electron chi connectivity index (χ4n) is 0.0833. The summed E-state index contributed by atoms with van der Waals surface area (Å²) in [5, 5.41) is 13.6. The molecule has 0 atom stereocenters. The van der Waals surface area contributed by atoms with Crippen LogP contribution in [-0.2, 0) is 9.53 Å². The zero-order valence-corrected chi connectivity index (χ0v) is 8.76. The van der Waals surface area contributed by atoms with E-state index in [0.29, 0.717) is 0 Å². The summed E-state index contributed by atoms with van der Waals surface area (Å²) in [4.78, 5) is 20.2. The number of hydrogen-bond donors (Lipinski definition) is 1. The Morgan fingerprint density at radius 2 is 1.79 bits per heavy atom. The van der Waals surface area contributed by atoms with Crippen molar-refractivity contribution in [2.24, 2.45) is 0 Å². The van der Waals surface area contributed by atoms with Crippen molar-refractivity contribution in [2.75, 3.05) is 28.3 Å². The van der Waals surface area contributed by atoms with Crippen molar-refractivity contribution in [1.29, 1.82) is 0 Å². The molecule has 0 aromatic carbocycles. The van der Waals surface area contributed by atoms with Gasteiger partial charge in [0.05, 0.1) is 7.11 Å². The molecule has 0 aliphatic carbocycles. The minimum atomic E-state index is -1.50. The van der Waals surface area contributed by atoms with Gasteiger partial charge in [-0.3, -0.25) is 0 Å². The molecule has 14 heavy (non-hydrogen) atoms. The molecule has 7 heteroatoms. The molecule has 84 valence electrons. The second-order valence-corrected chi connectivity index (χ2v) is 2.31. The third kappa shape index (κ3) is 162. The van der Waals surface area contributed by atoms with E-state index in [9.17, 15) is 4.79 Å². The molecule has 0 bridgehead atoms. The molecule has 0 aromatic rings. The van der Waals surface area contributed by atoms with E-state index in [2.05, 4.69) is 11.3 Å². The van der Waals surface area contributed by atoms with Crippen LogP contribution in [0.15, 0.2) is 12.7 Å². The lowest BCUT2D eigenvalue weighted by Gasteiger charge is -1.90. The van der Waals surface area contributed by atoms with Gasteiger partial charge in [0, 0.05) is 6.08 Å². The van der Waals surface area contributed by atoms with Crippen LogP contribution < -0.4 is 0 Å². The Morgan fingerprint density at radius 1 is 1.57 bits per heavy atom. The molecular weight excluding hydrogens is 192 g/mol. The monoisotopic (exact) mass is 208 g/mol. The highest BCUT2D eigenvalue weighted by atomic mass is 16.9. The standard InChI is InChI=1S/C4H6O2.C3H9N.HNO3/c1-3-4(5)6-2;1-4(2)3;2-1(3)4/h3H,1H2,2H3;1-3H3;(H,2,3,4). The van der Waals surface area contributed by atoms with Crippen molar-refractivity contribution in [3.63, 3.8) is 0 Å². The molecule has 0 fully saturated rings. The number of hydrogen-bond acceptors (Lipinski definition) is 5. The minimum Gasteiger partial charge on any atom is -0.466 e. The number of carbonyl (C=O) groups excluding carboxylic acids is 1. The summed E-state index contributed by atoms with van der Waals surface area (Å²) in [6, 6.07) is 0. The summed E-state index contributed by atoms with van der Waals surface area (Å²) in [6.45, 7) is 3.16. The Hall–Kier alpha value is -1.63. The number of carbonyl (C=O) groups is 1. The first-order valence-corrected chi connectivity index (χ1v) is 3.42. The summed E-state index contributed by atoms with van der Waals surface area (Å²) in [5.41, 5.74) is 0. The first-order valence-electron chi connectivity index (χ1n) is 3.42. The van der Waals surface area contributed by atoms with Gasteiger partial charge in [-0.15, -0.1) is 10.1 Å². The van der Waals surface area contributed by atoms with Gasteiger partial charge < -0.3 is 14.8 Å². The molecule has 1 N–H and O–H groups in total. The quantitative estimate of drug-likeness (QED) is 0.286. The molecule has 0 amide bonds. The molecule has 0 saturated carbocycles. The van der Waals surface area contributed by atoms with Gasteiger partial charge in [0.15, 0.2) is 0 Å². The highest BCUT2D eigenvalue weighted by molar-refractivity contribution is 5.80. The van der Waals surface area contributed by atoms with Gasteiger partial charge in [0.1, 0.15) is 0 Å². The van der Waals surface area contributed by atoms with Crippen LogP contribution in [-0.4, -0.2) is 49.4 Å². The first-order chi connectivity index (χ1) is 6.27. The lowest BCUT2D eigenvalue weighted by atomic mass is 10.7. The largest absolute Gasteiger partial charge is 0.466 e. The van der Waals surface area contributed by atoms with Crippen molar-refractivity contribution >= 4 is 5.97 Å². The summed E-state index contributed by atoms with van der Waals surface area (Å²) >= 11 is 0. The number of methoxy groups -OCH3 is 1. The molecule has 0 saturated heterocycles. The summed E-state index contributed by atoms with van der Waals surface area (Å²) in [7, 11) is 7.31. The van der Waals surface area contributed by atoms with E-state index in [4.69, 9.17) is 15.3 Å². The zero-order chi connectivity index (χ0) is 12.1. The Balaban J connectivity index is -0.000000135. The Kier molecular flexibility index (Phi) is 18.1. The summed E-state index contributed by atoms with van der Waals surface area (Å²) in [6.07, 6.45) is 1.11. The molecule has 7 nitrogen and oxygen atoms in total.